The van der Waals surface area contributed by atoms with E-state index >= 15 is 0 Å². The summed E-state index contributed by atoms with van der Waals surface area (Å²) in [6, 6.07) is 0. The fraction of sp³-hybridized carbons (Fsp3) is 0.667. The quantitative estimate of drug-likeness (QED) is 0.895. The summed E-state index contributed by atoms with van der Waals surface area (Å²) in [4.78, 5) is 10.6. The molecule has 0 radical (unpaired) electrons. The highest BCUT2D eigenvalue weighted by Crippen LogP contribution is 2.16. The normalized spacial score (nSPS) is 18.2. The van der Waals surface area contributed by atoms with Crippen LogP contribution in [0.4, 0.5) is 5.82 Å². The first-order chi connectivity index (χ1) is 8.25. The average Bonchev–Trinajstić information content (AvgIpc) is 2.34. The Morgan fingerprint density at radius 1 is 1.35 bits per heavy atom. The van der Waals surface area contributed by atoms with Gasteiger partial charge in [0.05, 0.1) is 0 Å². The van der Waals surface area contributed by atoms with Gasteiger partial charge in [0.25, 0.3) is 0 Å². The average molecular weight is 255 g/mol. The Labute approximate surface area is 107 Å². The molecule has 2 heterocycles. The van der Waals surface area contributed by atoms with Gasteiger partial charge in [0, 0.05) is 25.5 Å². The number of nitrogens with one attached hydrogen (secondary N) is 1. The van der Waals surface area contributed by atoms with Gasteiger partial charge in [0.2, 0.25) is 0 Å². The summed E-state index contributed by atoms with van der Waals surface area (Å²) in [6.45, 7) is 6.65. The molecule has 1 aromatic heterocycles. The van der Waals surface area contributed by atoms with Crippen molar-refractivity contribution in [2.45, 2.75) is 19.8 Å². The second-order valence-corrected chi connectivity index (χ2v) is 5.00. The fourth-order valence-corrected chi connectivity index (χ4v) is 2.23. The van der Waals surface area contributed by atoms with E-state index in [0.717, 1.165) is 19.0 Å². The number of likely N-dealkylation sites (tertiary alicyclic amines) is 1. The lowest BCUT2D eigenvalue weighted by Crippen LogP contribution is -2.36. The van der Waals surface area contributed by atoms with Crippen molar-refractivity contribution in [2.75, 3.05) is 31.5 Å². The number of halogens is 1. The van der Waals surface area contributed by atoms with Gasteiger partial charge >= 0.3 is 0 Å². The second kappa shape index (κ2) is 6.17. The van der Waals surface area contributed by atoms with Crippen LogP contribution in [0.15, 0.2) is 12.4 Å². The van der Waals surface area contributed by atoms with Crippen molar-refractivity contribution in [2.24, 2.45) is 5.92 Å². The molecule has 2 rings (SSSR count). The predicted octanol–water partition coefficient (Wildman–Crippen LogP) is 2.27. The minimum Gasteiger partial charge on any atom is -0.366 e. The van der Waals surface area contributed by atoms with E-state index in [1.165, 1.54) is 25.9 Å². The van der Waals surface area contributed by atoms with Crippen LogP contribution in [-0.2, 0) is 0 Å². The first-order valence-electron chi connectivity index (χ1n) is 6.18. The lowest BCUT2D eigenvalue weighted by molar-refractivity contribution is 0.199. The van der Waals surface area contributed by atoms with Crippen LogP contribution in [0.25, 0.3) is 0 Å². The third kappa shape index (κ3) is 3.82. The highest BCUT2D eigenvalue weighted by molar-refractivity contribution is 6.31. The Morgan fingerprint density at radius 3 is 2.76 bits per heavy atom. The predicted molar refractivity (Wildman–Crippen MR) is 70.4 cm³/mol. The van der Waals surface area contributed by atoms with E-state index in [-0.39, 0.29) is 0 Å². The molecule has 0 aromatic carbocycles. The lowest BCUT2D eigenvalue weighted by atomic mass is 9.99. The smallest absolute Gasteiger partial charge is 0.171 e. The molecule has 0 unspecified atom stereocenters. The van der Waals surface area contributed by atoms with Gasteiger partial charge in [-0.05, 0) is 31.8 Å². The zero-order chi connectivity index (χ0) is 12.1. The SMILES string of the molecule is CC1CCN(CCNc2nccnc2Cl)CC1. The Bertz CT molecular complexity index is 350. The van der Waals surface area contributed by atoms with E-state index in [9.17, 15) is 0 Å². The van der Waals surface area contributed by atoms with Crippen molar-refractivity contribution >= 4 is 17.4 Å². The number of hydrogen-bond donors (Lipinski definition) is 1. The van der Waals surface area contributed by atoms with Crippen molar-refractivity contribution in [1.82, 2.24) is 14.9 Å². The summed E-state index contributed by atoms with van der Waals surface area (Å²) in [7, 11) is 0. The van der Waals surface area contributed by atoms with E-state index in [4.69, 9.17) is 11.6 Å². The molecule has 4 nitrogen and oxygen atoms in total. The number of nitrogens with zero attached hydrogens (tertiary/aromatic N) is 3. The number of aromatic nitrogens is 2. The van der Waals surface area contributed by atoms with Crippen molar-refractivity contribution in [1.29, 1.82) is 0 Å². The van der Waals surface area contributed by atoms with Crippen LogP contribution in [0.5, 0.6) is 0 Å². The third-order valence-electron chi connectivity index (χ3n) is 3.25. The molecule has 0 saturated carbocycles. The first kappa shape index (κ1) is 12.6. The zero-order valence-electron chi connectivity index (χ0n) is 10.2. The molecule has 0 atom stereocenters. The molecule has 0 aliphatic carbocycles. The monoisotopic (exact) mass is 254 g/mol. The van der Waals surface area contributed by atoms with E-state index in [0.29, 0.717) is 11.0 Å². The summed E-state index contributed by atoms with van der Waals surface area (Å²) in [5.74, 6) is 1.56. The van der Waals surface area contributed by atoms with Gasteiger partial charge in [-0.25, -0.2) is 9.97 Å². The summed E-state index contributed by atoms with van der Waals surface area (Å²) in [5.41, 5.74) is 0. The molecule has 94 valence electrons. The molecule has 1 aliphatic heterocycles. The molecule has 1 aromatic rings. The molecular formula is C12H19ClN4. The topological polar surface area (TPSA) is 41.0 Å². The Morgan fingerprint density at radius 2 is 2.06 bits per heavy atom. The van der Waals surface area contributed by atoms with Gasteiger partial charge in [0.1, 0.15) is 0 Å². The van der Waals surface area contributed by atoms with Crippen molar-refractivity contribution in [3.63, 3.8) is 0 Å². The van der Waals surface area contributed by atoms with Crippen LogP contribution in [0.3, 0.4) is 0 Å². The molecule has 1 fully saturated rings. The molecular weight excluding hydrogens is 236 g/mol. The van der Waals surface area contributed by atoms with E-state index in [1.807, 2.05) is 0 Å². The van der Waals surface area contributed by atoms with Crippen LogP contribution in [0.2, 0.25) is 5.15 Å². The van der Waals surface area contributed by atoms with Crippen LogP contribution < -0.4 is 5.32 Å². The van der Waals surface area contributed by atoms with E-state index in [2.05, 4.69) is 27.1 Å². The Balaban J connectivity index is 1.71. The number of anilines is 1. The summed E-state index contributed by atoms with van der Waals surface area (Å²) < 4.78 is 0. The van der Waals surface area contributed by atoms with Crippen molar-refractivity contribution in [3.05, 3.63) is 17.5 Å². The highest BCUT2D eigenvalue weighted by Gasteiger charge is 2.14. The van der Waals surface area contributed by atoms with E-state index in [1.54, 1.807) is 12.4 Å². The van der Waals surface area contributed by atoms with Gasteiger partial charge in [-0.3, -0.25) is 0 Å². The molecule has 0 spiro atoms. The molecule has 5 heteroatoms. The first-order valence-corrected chi connectivity index (χ1v) is 6.56. The maximum absolute atomic E-state index is 5.92. The minimum absolute atomic E-state index is 0.444. The van der Waals surface area contributed by atoms with E-state index < -0.39 is 0 Å². The van der Waals surface area contributed by atoms with Crippen LogP contribution in [0, 0.1) is 5.92 Å². The van der Waals surface area contributed by atoms with Crippen LogP contribution in [0.1, 0.15) is 19.8 Å². The number of rotatable bonds is 4. The van der Waals surface area contributed by atoms with Crippen LogP contribution >= 0.6 is 11.6 Å². The van der Waals surface area contributed by atoms with Crippen LogP contribution in [-0.4, -0.2) is 41.0 Å². The minimum atomic E-state index is 0.444. The maximum Gasteiger partial charge on any atom is 0.171 e. The highest BCUT2D eigenvalue weighted by atomic mass is 35.5. The lowest BCUT2D eigenvalue weighted by Gasteiger charge is -2.30. The standard InChI is InChI=1S/C12H19ClN4/c1-10-2-7-17(8-3-10)9-6-16-12-11(13)14-4-5-15-12/h4-5,10H,2-3,6-9H2,1H3,(H,15,16). The largest absolute Gasteiger partial charge is 0.366 e. The number of piperidine rings is 1. The van der Waals surface area contributed by atoms with Gasteiger partial charge in [0.15, 0.2) is 11.0 Å². The molecule has 1 aliphatic rings. The van der Waals surface area contributed by atoms with Gasteiger partial charge in [-0.2, -0.15) is 0 Å². The second-order valence-electron chi connectivity index (χ2n) is 4.65. The Kier molecular flexibility index (Phi) is 4.57. The van der Waals surface area contributed by atoms with Crippen molar-refractivity contribution in [3.8, 4) is 0 Å². The molecule has 0 bridgehead atoms. The molecule has 1 N–H and O–H groups in total. The zero-order valence-corrected chi connectivity index (χ0v) is 11.0. The molecule has 1 saturated heterocycles. The summed E-state index contributed by atoms with van der Waals surface area (Å²) in [6.07, 6.45) is 5.87. The third-order valence-corrected chi connectivity index (χ3v) is 3.53. The summed E-state index contributed by atoms with van der Waals surface area (Å²) >= 11 is 5.92. The Hall–Kier alpha value is -0.870. The van der Waals surface area contributed by atoms with Crippen molar-refractivity contribution < 1.29 is 0 Å². The van der Waals surface area contributed by atoms with Gasteiger partial charge in [-0.1, -0.05) is 18.5 Å². The van der Waals surface area contributed by atoms with Gasteiger partial charge < -0.3 is 10.2 Å². The maximum atomic E-state index is 5.92. The molecule has 0 amide bonds. The fourth-order valence-electron chi connectivity index (χ4n) is 2.06. The number of hydrogen-bond acceptors (Lipinski definition) is 4. The van der Waals surface area contributed by atoms with Gasteiger partial charge in [-0.15, -0.1) is 0 Å². The summed E-state index contributed by atoms with van der Waals surface area (Å²) in [5, 5.41) is 3.67. The molecule has 17 heavy (non-hydrogen) atoms.